The third-order valence-electron chi connectivity index (χ3n) is 4.04. The molecule has 2 aromatic heterocycles. The van der Waals surface area contributed by atoms with E-state index in [1.807, 2.05) is 6.92 Å². The number of H-pyrrole nitrogens is 1. The maximum absolute atomic E-state index is 9.94. The molecule has 8 nitrogen and oxygen atoms in total. The van der Waals surface area contributed by atoms with Gasteiger partial charge in [-0.1, -0.05) is 43.7 Å². The Morgan fingerprint density at radius 1 is 1.19 bits per heavy atom. The van der Waals surface area contributed by atoms with Crippen LogP contribution in [0.2, 0.25) is 5.15 Å². The van der Waals surface area contributed by atoms with Crippen LogP contribution >= 0.6 is 11.6 Å². The predicted molar refractivity (Wildman–Crippen MR) is 101 cm³/mol. The van der Waals surface area contributed by atoms with E-state index in [0.717, 1.165) is 18.7 Å². The number of carbonyl (C=O) groups is 1. The van der Waals surface area contributed by atoms with Crippen LogP contribution in [0.15, 0.2) is 24.7 Å². The first-order chi connectivity index (χ1) is 12.5. The molecule has 2 aromatic rings. The minimum atomic E-state index is -0.912. The van der Waals surface area contributed by atoms with Crippen molar-refractivity contribution >= 4 is 29.3 Å². The topological polar surface area (TPSA) is 116 Å². The molecule has 2 aliphatic rings. The minimum Gasteiger partial charge on any atom is -0.465 e. The zero-order chi connectivity index (χ0) is 18.8. The molecule has 2 saturated carbocycles. The van der Waals surface area contributed by atoms with Gasteiger partial charge in [0.15, 0.2) is 0 Å². The molecule has 2 fully saturated rings. The minimum absolute atomic E-state index is 0.0775. The van der Waals surface area contributed by atoms with Gasteiger partial charge < -0.3 is 15.7 Å². The third-order valence-corrected chi connectivity index (χ3v) is 4.24. The molecule has 142 valence electrons. The standard InChI is InChI=1S/C7H6ClN5.C5H9NO2.C5H10/c8-5-3-10-7(4-9-5)12-6-1-2-11-13-6;1-5(2-3-5)6-4(7)8;1-2-4-5-3-1/h1-4H,(H2,10,11,12,13);6H,2-3H2,1H3,(H,7,8);1-5H2. The van der Waals surface area contributed by atoms with Crippen molar-refractivity contribution in [2.75, 3.05) is 5.32 Å². The van der Waals surface area contributed by atoms with Crippen molar-refractivity contribution in [3.05, 3.63) is 29.8 Å². The fourth-order valence-corrected chi connectivity index (χ4v) is 2.39. The van der Waals surface area contributed by atoms with E-state index in [-0.39, 0.29) is 5.54 Å². The zero-order valence-corrected chi connectivity index (χ0v) is 15.6. The highest BCUT2D eigenvalue weighted by atomic mass is 35.5. The number of rotatable bonds is 3. The van der Waals surface area contributed by atoms with Gasteiger partial charge in [-0.2, -0.15) is 5.10 Å². The number of aromatic amines is 1. The Morgan fingerprint density at radius 2 is 1.85 bits per heavy atom. The molecule has 0 aromatic carbocycles. The van der Waals surface area contributed by atoms with Crippen LogP contribution in [0.25, 0.3) is 0 Å². The maximum Gasteiger partial charge on any atom is 0.405 e. The monoisotopic (exact) mass is 380 g/mol. The SMILES string of the molecule is C1CCCC1.CC1(NC(=O)O)CC1.Clc1cnc(Nc2ccn[nH]2)cn1. The van der Waals surface area contributed by atoms with E-state index in [2.05, 4.69) is 30.8 Å². The molecule has 0 aliphatic heterocycles. The number of hydrogen-bond donors (Lipinski definition) is 4. The molecule has 2 aliphatic carbocycles. The van der Waals surface area contributed by atoms with E-state index in [0.29, 0.717) is 11.0 Å². The van der Waals surface area contributed by atoms with Gasteiger partial charge in [0, 0.05) is 11.6 Å². The van der Waals surface area contributed by atoms with Gasteiger partial charge in [-0.15, -0.1) is 0 Å². The van der Waals surface area contributed by atoms with Crippen molar-refractivity contribution in [2.45, 2.75) is 57.4 Å². The molecule has 0 spiro atoms. The Kier molecular flexibility index (Phi) is 7.65. The van der Waals surface area contributed by atoms with E-state index >= 15 is 0 Å². The lowest BCUT2D eigenvalue weighted by molar-refractivity contribution is 0.189. The highest BCUT2D eigenvalue weighted by Crippen LogP contribution is 2.33. The summed E-state index contributed by atoms with van der Waals surface area (Å²) in [6.07, 6.45) is 13.2. The van der Waals surface area contributed by atoms with Gasteiger partial charge in [0.05, 0.1) is 18.6 Å². The van der Waals surface area contributed by atoms with Crippen LogP contribution in [0.4, 0.5) is 16.4 Å². The summed E-state index contributed by atoms with van der Waals surface area (Å²) in [5, 5.41) is 20.4. The maximum atomic E-state index is 9.94. The molecule has 0 bridgehead atoms. The van der Waals surface area contributed by atoms with Crippen LogP contribution < -0.4 is 10.6 Å². The fourth-order valence-electron chi connectivity index (χ4n) is 2.29. The van der Waals surface area contributed by atoms with E-state index < -0.39 is 6.09 Å². The van der Waals surface area contributed by atoms with Gasteiger partial charge in [0.1, 0.15) is 16.8 Å². The predicted octanol–water partition coefficient (Wildman–Crippen LogP) is 4.35. The number of anilines is 2. The highest BCUT2D eigenvalue weighted by Gasteiger charge is 2.38. The summed E-state index contributed by atoms with van der Waals surface area (Å²) in [4.78, 5) is 17.8. The van der Waals surface area contributed by atoms with Crippen molar-refractivity contribution in [1.82, 2.24) is 25.5 Å². The summed E-state index contributed by atoms with van der Waals surface area (Å²) in [6, 6.07) is 1.79. The largest absolute Gasteiger partial charge is 0.465 e. The molecule has 0 unspecified atom stereocenters. The first-order valence-corrected chi connectivity index (χ1v) is 9.10. The second kappa shape index (κ2) is 9.96. The van der Waals surface area contributed by atoms with Gasteiger partial charge >= 0.3 is 6.09 Å². The Bertz CT molecular complexity index is 647. The summed E-state index contributed by atoms with van der Waals surface area (Å²) in [5.74, 6) is 1.38. The molecule has 0 radical (unpaired) electrons. The van der Waals surface area contributed by atoms with Crippen molar-refractivity contribution in [1.29, 1.82) is 0 Å². The summed E-state index contributed by atoms with van der Waals surface area (Å²) >= 11 is 5.57. The van der Waals surface area contributed by atoms with Crippen LogP contribution in [0.1, 0.15) is 51.9 Å². The van der Waals surface area contributed by atoms with Crippen molar-refractivity contribution < 1.29 is 9.90 Å². The van der Waals surface area contributed by atoms with E-state index in [1.165, 1.54) is 38.3 Å². The Labute approximate surface area is 157 Å². The average molecular weight is 381 g/mol. The molecule has 9 heteroatoms. The zero-order valence-electron chi connectivity index (χ0n) is 14.8. The smallest absolute Gasteiger partial charge is 0.405 e. The molecule has 26 heavy (non-hydrogen) atoms. The van der Waals surface area contributed by atoms with E-state index in [4.69, 9.17) is 16.7 Å². The van der Waals surface area contributed by atoms with Crippen LogP contribution in [0.3, 0.4) is 0 Å². The van der Waals surface area contributed by atoms with Crippen LogP contribution in [0.5, 0.6) is 0 Å². The fraction of sp³-hybridized carbons (Fsp3) is 0.529. The number of amides is 1. The Morgan fingerprint density at radius 3 is 2.23 bits per heavy atom. The average Bonchev–Trinajstić information content (AvgIpc) is 3.09. The van der Waals surface area contributed by atoms with Gasteiger partial charge in [0.25, 0.3) is 0 Å². The molecular formula is C17H25ClN6O2. The summed E-state index contributed by atoms with van der Waals surface area (Å²) in [7, 11) is 0. The number of halogens is 1. The lowest BCUT2D eigenvalue weighted by Gasteiger charge is -2.04. The highest BCUT2D eigenvalue weighted by molar-refractivity contribution is 6.29. The summed E-state index contributed by atoms with van der Waals surface area (Å²) in [6.45, 7) is 1.90. The van der Waals surface area contributed by atoms with Gasteiger partial charge in [-0.25, -0.2) is 14.8 Å². The molecule has 4 N–H and O–H groups in total. The van der Waals surface area contributed by atoms with Crippen molar-refractivity contribution in [3.63, 3.8) is 0 Å². The Balaban J connectivity index is 0.000000158. The molecule has 0 saturated heterocycles. The van der Waals surface area contributed by atoms with Crippen molar-refractivity contribution in [2.24, 2.45) is 0 Å². The number of nitrogens with one attached hydrogen (secondary N) is 3. The number of hydrogen-bond acceptors (Lipinski definition) is 5. The third kappa shape index (κ3) is 8.15. The molecule has 1 amide bonds. The lowest BCUT2D eigenvalue weighted by Crippen LogP contribution is -2.32. The van der Waals surface area contributed by atoms with Gasteiger partial charge in [-0.3, -0.25) is 5.10 Å². The molecule has 0 atom stereocenters. The quantitative estimate of drug-likeness (QED) is 0.628. The second-order valence-corrected chi connectivity index (χ2v) is 6.97. The van der Waals surface area contributed by atoms with Gasteiger partial charge in [0.2, 0.25) is 0 Å². The normalized spacial score (nSPS) is 16.4. The number of aromatic nitrogens is 4. The molecule has 2 heterocycles. The summed E-state index contributed by atoms with van der Waals surface area (Å²) < 4.78 is 0. The van der Waals surface area contributed by atoms with Crippen molar-refractivity contribution in [3.8, 4) is 0 Å². The molecule has 4 rings (SSSR count). The number of carboxylic acid groups (broad SMARTS) is 1. The van der Waals surface area contributed by atoms with E-state index in [9.17, 15) is 4.79 Å². The number of nitrogens with zero attached hydrogens (tertiary/aromatic N) is 3. The lowest BCUT2D eigenvalue weighted by atomic mass is 10.3. The Hall–Kier alpha value is -2.35. The molecular weight excluding hydrogens is 356 g/mol. The van der Waals surface area contributed by atoms with Crippen LogP contribution in [-0.2, 0) is 0 Å². The van der Waals surface area contributed by atoms with Crippen LogP contribution in [0, 0.1) is 0 Å². The summed E-state index contributed by atoms with van der Waals surface area (Å²) in [5.41, 5.74) is -0.0775. The second-order valence-electron chi connectivity index (χ2n) is 6.58. The first-order valence-electron chi connectivity index (χ1n) is 8.72. The van der Waals surface area contributed by atoms with Crippen LogP contribution in [-0.4, -0.2) is 36.9 Å². The van der Waals surface area contributed by atoms with Gasteiger partial charge in [-0.05, 0) is 19.8 Å². The first kappa shape index (κ1) is 20.0. The van der Waals surface area contributed by atoms with E-state index in [1.54, 1.807) is 18.5 Å².